The standard InChI is InChI=1S/C41H76NO2/c1-5-7-9-11-13-15-17-19-21-23-25-27-29-31-33-35-40(43)37-39(38-42(3)4)41(44)36-34-32-30-28-26-24-22-20-18-16-14-12-10-8-6-2/h19-22H,5-18,23-38H2,1-4H3/b21-19-,22-20-. The molecule has 1 radical (unpaired) electrons. The lowest BCUT2D eigenvalue weighted by molar-refractivity contribution is -0.123. The fourth-order valence-electron chi connectivity index (χ4n) is 5.88. The highest BCUT2D eigenvalue weighted by atomic mass is 16.1. The summed E-state index contributed by atoms with van der Waals surface area (Å²) in [5.74, 6) is 1.29. The third-order valence-corrected chi connectivity index (χ3v) is 8.70. The van der Waals surface area contributed by atoms with Crippen LogP contribution in [0.1, 0.15) is 200 Å². The highest BCUT2D eigenvalue weighted by Crippen LogP contribution is 2.18. The topological polar surface area (TPSA) is 37.4 Å². The summed E-state index contributed by atoms with van der Waals surface area (Å²) in [7, 11) is 3.98. The first-order chi connectivity index (χ1) is 21.5. The summed E-state index contributed by atoms with van der Waals surface area (Å²) in [4.78, 5) is 27.6. The van der Waals surface area contributed by atoms with Crippen LogP contribution in [0.4, 0.5) is 0 Å². The Morgan fingerprint density at radius 1 is 0.455 bits per heavy atom. The minimum Gasteiger partial charge on any atom is -0.308 e. The van der Waals surface area contributed by atoms with Crippen molar-refractivity contribution in [1.29, 1.82) is 0 Å². The van der Waals surface area contributed by atoms with Gasteiger partial charge in [0, 0.05) is 25.8 Å². The van der Waals surface area contributed by atoms with E-state index < -0.39 is 0 Å². The predicted octanol–water partition coefficient (Wildman–Crippen LogP) is 12.7. The molecule has 0 N–H and O–H groups in total. The van der Waals surface area contributed by atoms with Crippen molar-refractivity contribution in [3.05, 3.63) is 30.2 Å². The summed E-state index contributed by atoms with van der Waals surface area (Å²) in [6.07, 6.45) is 43.9. The number of nitrogens with zero attached hydrogens (tertiary/aromatic N) is 1. The number of ketones is 2. The van der Waals surface area contributed by atoms with Crippen molar-refractivity contribution in [1.82, 2.24) is 4.90 Å². The van der Waals surface area contributed by atoms with E-state index in [1.165, 1.54) is 141 Å². The molecule has 44 heavy (non-hydrogen) atoms. The molecule has 0 rings (SSSR count). The van der Waals surface area contributed by atoms with Gasteiger partial charge >= 0.3 is 0 Å². The molecule has 0 aromatic heterocycles. The Kier molecular flexibility index (Phi) is 33.7. The highest BCUT2D eigenvalue weighted by Gasteiger charge is 2.22. The maximum atomic E-state index is 12.9. The van der Waals surface area contributed by atoms with Crippen molar-refractivity contribution in [3.8, 4) is 0 Å². The van der Waals surface area contributed by atoms with Crippen molar-refractivity contribution in [3.63, 3.8) is 0 Å². The average Bonchev–Trinajstić information content (AvgIpc) is 3.00. The highest BCUT2D eigenvalue weighted by molar-refractivity contribution is 5.97. The van der Waals surface area contributed by atoms with Gasteiger partial charge in [0.25, 0.3) is 0 Å². The normalized spacial score (nSPS) is 12.0. The largest absolute Gasteiger partial charge is 0.308 e. The van der Waals surface area contributed by atoms with Gasteiger partial charge in [-0.3, -0.25) is 9.59 Å². The lowest BCUT2D eigenvalue weighted by Crippen LogP contribution is -2.28. The SMILES string of the molecule is CCCCCCCC/C=C\CCCCCCCC(=O)C[C](CN(C)C)C(=O)CCCCCCC/C=C\CCCCCCCC. The molecular formula is C41H76NO2. The van der Waals surface area contributed by atoms with E-state index in [1.54, 1.807) is 0 Å². The lowest BCUT2D eigenvalue weighted by Gasteiger charge is -2.19. The summed E-state index contributed by atoms with van der Waals surface area (Å²) >= 11 is 0. The fraction of sp³-hybridized carbons (Fsp3) is 0.829. The van der Waals surface area contributed by atoms with Crippen molar-refractivity contribution in [2.75, 3.05) is 20.6 Å². The Hall–Kier alpha value is -1.22. The summed E-state index contributed by atoms with van der Waals surface area (Å²) < 4.78 is 0. The van der Waals surface area contributed by atoms with Gasteiger partial charge in [-0.25, -0.2) is 0 Å². The van der Waals surface area contributed by atoms with E-state index in [0.29, 0.717) is 25.8 Å². The zero-order valence-electron chi connectivity index (χ0n) is 30.3. The molecule has 0 aromatic rings. The minimum absolute atomic E-state index is 0.217. The molecule has 0 spiro atoms. The minimum atomic E-state index is 0.217. The van der Waals surface area contributed by atoms with Crippen LogP contribution in [0.3, 0.4) is 0 Å². The number of carbonyl (C=O) groups is 2. The summed E-state index contributed by atoms with van der Waals surface area (Å²) in [5, 5.41) is 0. The van der Waals surface area contributed by atoms with Crippen LogP contribution >= 0.6 is 0 Å². The van der Waals surface area contributed by atoms with Crippen LogP contribution in [-0.2, 0) is 9.59 Å². The van der Waals surface area contributed by atoms with Crippen molar-refractivity contribution < 1.29 is 9.59 Å². The summed E-state index contributed by atoms with van der Waals surface area (Å²) in [5.41, 5.74) is 0. The second kappa shape index (κ2) is 34.6. The smallest absolute Gasteiger partial charge is 0.141 e. The molecule has 0 saturated carbocycles. The van der Waals surface area contributed by atoms with Gasteiger partial charge < -0.3 is 4.90 Å². The van der Waals surface area contributed by atoms with E-state index in [0.717, 1.165) is 31.6 Å². The molecule has 0 fully saturated rings. The van der Waals surface area contributed by atoms with Gasteiger partial charge in [0.05, 0.1) is 5.92 Å². The molecule has 0 heterocycles. The van der Waals surface area contributed by atoms with Gasteiger partial charge in [-0.15, -0.1) is 0 Å². The third kappa shape index (κ3) is 32.2. The van der Waals surface area contributed by atoms with Crippen LogP contribution in [0.5, 0.6) is 0 Å². The van der Waals surface area contributed by atoms with Crippen molar-refractivity contribution in [2.45, 2.75) is 200 Å². The molecule has 0 aliphatic carbocycles. The molecule has 0 saturated heterocycles. The fourth-order valence-corrected chi connectivity index (χ4v) is 5.88. The Morgan fingerprint density at radius 3 is 1.18 bits per heavy atom. The van der Waals surface area contributed by atoms with Crippen LogP contribution in [0.2, 0.25) is 0 Å². The summed E-state index contributed by atoms with van der Waals surface area (Å²) in [6, 6.07) is 0. The van der Waals surface area contributed by atoms with Crippen LogP contribution in [0, 0.1) is 5.92 Å². The van der Waals surface area contributed by atoms with Gasteiger partial charge in [-0.2, -0.15) is 0 Å². The lowest BCUT2D eigenvalue weighted by atomic mass is 9.91. The monoisotopic (exact) mass is 615 g/mol. The van der Waals surface area contributed by atoms with Crippen LogP contribution in [-0.4, -0.2) is 37.1 Å². The third-order valence-electron chi connectivity index (χ3n) is 8.70. The van der Waals surface area contributed by atoms with Crippen molar-refractivity contribution >= 4 is 11.6 Å². The molecule has 0 aromatic carbocycles. The Labute approximate surface area is 276 Å². The maximum Gasteiger partial charge on any atom is 0.141 e. The first-order valence-corrected chi connectivity index (χ1v) is 19.4. The number of Topliss-reactive ketones (excluding diaryl/α,β-unsaturated/α-hetero) is 2. The van der Waals surface area contributed by atoms with E-state index in [1.807, 2.05) is 19.0 Å². The van der Waals surface area contributed by atoms with Gasteiger partial charge in [0.15, 0.2) is 0 Å². The van der Waals surface area contributed by atoms with Crippen LogP contribution in [0.15, 0.2) is 24.3 Å². The van der Waals surface area contributed by atoms with Gasteiger partial charge in [0.2, 0.25) is 0 Å². The van der Waals surface area contributed by atoms with E-state index >= 15 is 0 Å². The van der Waals surface area contributed by atoms with E-state index in [2.05, 4.69) is 38.2 Å². The second-order valence-electron chi connectivity index (χ2n) is 13.6. The molecule has 3 heteroatoms. The molecular weight excluding hydrogens is 538 g/mol. The predicted molar refractivity (Wildman–Crippen MR) is 195 cm³/mol. The average molecular weight is 615 g/mol. The first-order valence-electron chi connectivity index (χ1n) is 19.4. The molecule has 0 aliphatic rings. The van der Waals surface area contributed by atoms with E-state index in [-0.39, 0.29) is 11.6 Å². The number of allylic oxidation sites excluding steroid dienone is 4. The van der Waals surface area contributed by atoms with Gasteiger partial charge in [-0.05, 0) is 78.3 Å². The molecule has 257 valence electrons. The number of rotatable bonds is 35. The number of unbranched alkanes of at least 4 members (excludes halogenated alkanes) is 22. The molecule has 0 bridgehead atoms. The first kappa shape index (κ1) is 42.8. The molecule has 0 unspecified atom stereocenters. The quantitative estimate of drug-likeness (QED) is 0.0526. The van der Waals surface area contributed by atoms with Crippen LogP contribution in [0.25, 0.3) is 0 Å². The van der Waals surface area contributed by atoms with Gasteiger partial charge in [0.1, 0.15) is 11.6 Å². The Balaban J connectivity index is 3.83. The zero-order chi connectivity index (χ0) is 32.4. The second-order valence-corrected chi connectivity index (χ2v) is 13.6. The Bertz CT molecular complexity index is 680. The molecule has 0 amide bonds. The number of hydrogen-bond acceptors (Lipinski definition) is 3. The molecule has 3 nitrogen and oxygen atoms in total. The Morgan fingerprint density at radius 2 is 0.795 bits per heavy atom. The zero-order valence-corrected chi connectivity index (χ0v) is 30.3. The number of hydrogen-bond donors (Lipinski definition) is 0. The maximum absolute atomic E-state index is 12.9. The van der Waals surface area contributed by atoms with E-state index in [9.17, 15) is 9.59 Å². The van der Waals surface area contributed by atoms with Crippen LogP contribution < -0.4 is 0 Å². The summed E-state index contributed by atoms with van der Waals surface area (Å²) in [6.45, 7) is 5.16. The molecule has 0 aliphatic heterocycles. The number of carbonyl (C=O) groups excluding carboxylic acids is 2. The molecule has 0 atom stereocenters. The van der Waals surface area contributed by atoms with Crippen molar-refractivity contribution in [2.24, 2.45) is 0 Å². The van der Waals surface area contributed by atoms with E-state index in [4.69, 9.17) is 0 Å². The van der Waals surface area contributed by atoms with Gasteiger partial charge in [-0.1, -0.05) is 141 Å².